The van der Waals surface area contributed by atoms with Crippen molar-refractivity contribution in [1.29, 1.82) is 0 Å². The molecule has 1 aliphatic rings. The molecule has 1 atom stereocenters. The van der Waals surface area contributed by atoms with Crippen molar-refractivity contribution in [3.8, 4) is 0 Å². The number of aryl methyl sites for hydroxylation is 1. The molecule has 0 saturated heterocycles. The van der Waals surface area contributed by atoms with Crippen LogP contribution in [0.3, 0.4) is 0 Å². The number of sulfonamides is 1. The summed E-state index contributed by atoms with van der Waals surface area (Å²) in [6.45, 7) is 0. The number of rotatable bonds is 5. The number of hydrogen-bond donors (Lipinski definition) is 2. The second-order valence-electron chi connectivity index (χ2n) is 6.11. The van der Waals surface area contributed by atoms with Crippen LogP contribution in [0.2, 0.25) is 0 Å². The lowest BCUT2D eigenvalue weighted by Gasteiger charge is -2.14. The highest BCUT2D eigenvalue weighted by atomic mass is 32.2. The maximum absolute atomic E-state index is 12.4. The summed E-state index contributed by atoms with van der Waals surface area (Å²) in [6, 6.07) is 15.0. The third-order valence-electron chi connectivity index (χ3n) is 4.19. The molecule has 6 heteroatoms. The van der Waals surface area contributed by atoms with E-state index in [2.05, 4.69) is 22.2 Å². The van der Waals surface area contributed by atoms with Crippen molar-refractivity contribution in [3.05, 3.63) is 59.7 Å². The van der Waals surface area contributed by atoms with E-state index in [1.54, 1.807) is 24.3 Å². The molecule has 0 spiro atoms. The topological polar surface area (TPSA) is 75.3 Å². The minimum absolute atomic E-state index is 0.112. The van der Waals surface area contributed by atoms with Crippen LogP contribution in [0.1, 0.15) is 29.9 Å². The smallest absolute Gasteiger partial charge is 0.229 e. The largest absolute Gasteiger partial charge is 0.324 e. The zero-order valence-electron chi connectivity index (χ0n) is 13.5. The number of nitrogens with one attached hydrogen (secondary N) is 2. The first kappa shape index (κ1) is 16.5. The van der Waals surface area contributed by atoms with E-state index < -0.39 is 10.0 Å². The molecule has 2 N–H and O–H groups in total. The summed E-state index contributed by atoms with van der Waals surface area (Å²) in [5.74, 6) is 0.107. The number of benzene rings is 2. The summed E-state index contributed by atoms with van der Waals surface area (Å²) in [7, 11) is -3.40. The molecule has 0 heterocycles. The third kappa shape index (κ3) is 3.94. The van der Waals surface area contributed by atoms with E-state index in [0.29, 0.717) is 17.8 Å². The van der Waals surface area contributed by atoms with E-state index in [9.17, 15) is 13.2 Å². The minimum atomic E-state index is -3.40. The molecule has 5 nitrogen and oxygen atoms in total. The van der Waals surface area contributed by atoms with Crippen LogP contribution in [0.15, 0.2) is 48.5 Å². The van der Waals surface area contributed by atoms with Crippen LogP contribution < -0.4 is 10.0 Å². The zero-order valence-corrected chi connectivity index (χ0v) is 14.3. The zero-order chi connectivity index (χ0) is 17.2. The van der Waals surface area contributed by atoms with Gasteiger partial charge in [0.05, 0.1) is 17.6 Å². The molecular formula is C18H20N2O3S. The van der Waals surface area contributed by atoms with Crippen molar-refractivity contribution in [2.75, 3.05) is 16.3 Å². The third-order valence-corrected chi connectivity index (χ3v) is 4.78. The monoisotopic (exact) mass is 344 g/mol. The van der Waals surface area contributed by atoms with Gasteiger partial charge in [0.2, 0.25) is 15.9 Å². The van der Waals surface area contributed by atoms with Crippen molar-refractivity contribution < 1.29 is 13.2 Å². The number of amides is 1. The van der Waals surface area contributed by atoms with Gasteiger partial charge in [0.1, 0.15) is 0 Å². The van der Waals surface area contributed by atoms with Crippen LogP contribution in [-0.2, 0) is 21.2 Å². The number of fused-ring (bicyclic) bond motifs is 1. The SMILES string of the molecule is CS(=O)(=O)Nc1ccccc1NC(=O)C[C@@H]1CCc2ccccc21. The summed E-state index contributed by atoms with van der Waals surface area (Å²) in [6.07, 6.45) is 3.45. The highest BCUT2D eigenvalue weighted by molar-refractivity contribution is 7.92. The van der Waals surface area contributed by atoms with Gasteiger partial charge in [-0.05, 0) is 42.0 Å². The average molecular weight is 344 g/mol. The maximum atomic E-state index is 12.4. The molecule has 0 saturated carbocycles. The van der Waals surface area contributed by atoms with Crippen molar-refractivity contribution in [2.45, 2.75) is 25.2 Å². The van der Waals surface area contributed by atoms with Crippen LogP contribution in [0.4, 0.5) is 11.4 Å². The van der Waals surface area contributed by atoms with Gasteiger partial charge in [0.25, 0.3) is 0 Å². The predicted molar refractivity (Wildman–Crippen MR) is 95.7 cm³/mol. The Kier molecular flexibility index (Phi) is 4.57. The van der Waals surface area contributed by atoms with Gasteiger partial charge in [-0.25, -0.2) is 8.42 Å². The highest BCUT2D eigenvalue weighted by Gasteiger charge is 2.24. The van der Waals surface area contributed by atoms with Gasteiger partial charge >= 0.3 is 0 Å². The molecule has 2 aromatic rings. The van der Waals surface area contributed by atoms with E-state index in [0.717, 1.165) is 19.1 Å². The van der Waals surface area contributed by atoms with Crippen molar-refractivity contribution in [1.82, 2.24) is 0 Å². The Morgan fingerprint density at radius 1 is 1.08 bits per heavy atom. The van der Waals surface area contributed by atoms with E-state index in [1.807, 2.05) is 12.1 Å². The summed E-state index contributed by atoms with van der Waals surface area (Å²) in [5.41, 5.74) is 3.41. The van der Waals surface area contributed by atoms with Gasteiger partial charge in [-0.15, -0.1) is 0 Å². The fraction of sp³-hybridized carbons (Fsp3) is 0.278. The highest BCUT2D eigenvalue weighted by Crippen LogP contribution is 2.35. The molecule has 0 radical (unpaired) electrons. The average Bonchev–Trinajstić information content (AvgIpc) is 2.91. The quantitative estimate of drug-likeness (QED) is 0.875. The van der Waals surface area contributed by atoms with Crippen LogP contribution in [-0.4, -0.2) is 20.6 Å². The van der Waals surface area contributed by atoms with Gasteiger partial charge < -0.3 is 5.32 Å². The van der Waals surface area contributed by atoms with Gasteiger partial charge in [-0.3, -0.25) is 9.52 Å². The van der Waals surface area contributed by atoms with E-state index in [1.165, 1.54) is 11.1 Å². The molecule has 0 aromatic heterocycles. The number of hydrogen-bond acceptors (Lipinski definition) is 3. The Morgan fingerprint density at radius 3 is 2.50 bits per heavy atom. The molecule has 0 aliphatic heterocycles. The van der Waals surface area contributed by atoms with Crippen molar-refractivity contribution in [3.63, 3.8) is 0 Å². The standard InChI is InChI=1S/C18H20N2O3S/c1-24(22,23)20-17-9-5-4-8-16(17)19-18(21)12-14-11-10-13-6-2-3-7-15(13)14/h2-9,14,20H,10-12H2,1H3,(H,19,21)/t14-/m0/s1. The first-order valence-corrected chi connectivity index (χ1v) is 9.76. The lowest BCUT2D eigenvalue weighted by Crippen LogP contribution is -2.17. The molecule has 0 fully saturated rings. The summed E-state index contributed by atoms with van der Waals surface area (Å²) < 4.78 is 25.3. The van der Waals surface area contributed by atoms with Crippen LogP contribution >= 0.6 is 0 Å². The number of carbonyl (C=O) groups excluding carboxylic acids is 1. The van der Waals surface area contributed by atoms with Gasteiger partial charge in [-0.1, -0.05) is 36.4 Å². The lowest BCUT2D eigenvalue weighted by atomic mass is 9.97. The fourth-order valence-corrected chi connectivity index (χ4v) is 3.74. The molecule has 126 valence electrons. The van der Waals surface area contributed by atoms with Crippen molar-refractivity contribution >= 4 is 27.3 Å². The lowest BCUT2D eigenvalue weighted by molar-refractivity contribution is -0.116. The molecule has 3 rings (SSSR count). The second-order valence-corrected chi connectivity index (χ2v) is 7.85. The normalized spacial score (nSPS) is 16.5. The van der Waals surface area contributed by atoms with Crippen molar-refractivity contribution in [2.24, 2.45) is 0 Å². The number of para-hydroxylation sites is 2. The Labute approximate surface area is 142 Å². The van der Waals surface area contributed by atoms with Crippen LogP contribution in [0, 0.1) is 0 Å². The Morgan fingerprint density at radius 2 is 1.75 bits per heavy atom. The molecule has 0 unspecified atom stereocenters. The number of anilines is 2. The second kappa shape index (κ2) is 6.65. The minimum Gasteiger partial charge on any atom is -0.324 e. The maximum Gasteiger partial charge on any atom is 0.229 e. The molecule has 0 bridgehead atoms. The molecule has 1 amide bonds. The van der Waals surface area contributed by atoms with Gasteiger partial charge in [-0.2, -0.15) is 0 Å². The molecule has 1 aliphatic carbocycles. The predicted octanol–water partition coefficient (Wildman–Crippen LogP) is 3.12. The van der Waals surface area contributed by atoms with Crippen LogP contribution in [0.5, 0.6) is 0 Å². The fourth-order valence-electron chi connectivity index (χ4n) is 3.16. The molecular weight excluding hydrogens is 324 g/mol. The first-order chi connectivity index (χ1) is 11.4. The van der Waals surface area contributed by atoms with Crippen LogP contribution in [0.25, 0.3) is 0 Å². The number of carbonyl (C=O) groups is 1. The van der Waals surface area contributed by atoms with E-state index in [4.69, 9.17) is 0 Å². The summed E-state index contributed by atoms with van der Waals surface area (Å²) >= 11 is 0. The Bertz CT molecular complexity index is 862. The summed E-state index contributed by atoms with van der Waals surface area (Å²) in [5, 5.41) is 2.82. The first-order valence-electron chi connectivity index (χ1n) is 7.87. The Balaban J connectivity index is 1.70. The Hall–Kier alpha value is -2.34. The summed E-state index contributed by atoms with van der Waals surface area (Å²) in [4.78, 5) is 12.4. The molecule has 24 heavy (non-hydrogen) atoms. The molecule has 2 aromatic carbocycles. The van der Waals surface area contributed by atoms with E-state index in [-0.39, 0.29) is 11.8 Å². The van der Waals surface area contributed by atoms with Gasteiger partial charge in [0.15, 0.2) is 0 Å². The van der Waals surface area contributed by atoms with E-state index >= 15 is 0 Å². The van der Waals surface area contributed by atoms with Gasteiger partial charge in [0, 0.05) is 6.42 Å².